The van der Waals surface area contributed by atoms with E-state index in [9.17, 15) is 4.39 Å². The highest BCUT2D eigenvalue weighted by Crippen LogP contribution is 2.36. The van der Waals surface area contributed by atoms with Gasteiger partial charge in [-0.05, 0) is 77.4 Å². The largest absolute Gasteiger partial charge is 0.454 e. The van der Waals surface area contributed by atoms with E-state index in [0.29, 0.717) is 17.4 Å². The minimum atomic E-state index is -0.326. The van der Waals surface area contributed by atoms with Gasteiger partial charge in [0, 0.05) is 4.88 Å². The maximum atomic E-state index is 14.1. The summed E-state index contributed by atoms with van der Waals surface area (Å²) in [5.41, 5.74) is 2.69. The molecule has 0 spiro atoms. The van der Waals surface area contributed by atoms with Gasteiger partial charge in [0.1, 0.15) is 5.75 Å². The van der Waals surface area contributed by atoms with Crippen LogP contribution in [0.1, 0.15) is 62.5 Å². The molecule has 0 aliphatic carbocycles. The molecule has 0 saturated carbocycles. The average Bonchev–Trinajstić information content (AvgIpc) is 3.17. The first-order chi connectivity index (χ1) is 13.3. The van der Waals surface area contributed by atoms with E-state index >= 15 is 0 Å². The summed E-state index contributed by atoms with van der Waals surface area (Å²) in [5, 5.41) is 2.29. The van der Waals surface area contributed by atoms with E-state index in [-0.39, 0.29) is 11.2 Å². The van der Waals surface area contributed by atoms with Gasteiger partial charge in [0.25, 0.3) is 0 Å². The third kappa shape index (κ3) is 5.23. The van der Waals surface area contributed by atoms with Gasteiger partial charge in [-0.3, -0.25) is 0 Å². The minimum absolute atomic E-state index is 0.154. The lowest BCUT2D eigenvalue weighted by Gasteiger charge is -2.23. The molecule has 1 aromatic heterocycles. The van der Waals surface area contributed by atoms with Gasteiger partial charge < -0.3 is 4.74 Å². The lowest BCUT2D eigenvalue weighted by Crippen LogP contribution is -2.15. The van der Waals surface area contributed by atoms with Crippen molar-refractivity contribution in [3.8, 4) is 11.5 Å². The number of thiophene rings is 1. The van der Waals surface area contributed by atoms with Gasteiger partial charge in [-0.1, -0.05) is 52.0 Å². The summed E-state index contributed by atoms with van der Waals surface area (Å²) >= 11 is 1.87. The number of benzene rings is 2. The summed E-state index contributed by atoms with van der Waals surface area (Å²) in [4.78, 5) is 1.45. The molecular formula is C25H29FOS. The fraction of sp³-hybridized carbons (Fsp3) is 0.360. The first-order valence-electron chi connectivity index (χ1n) is 9.95. The van der Waals surface area contributed by atoms with Gasteiger partial charge in [-0.15, -0.1) is 11.3 Å². The summed E-state index contributed by atoms with van der Waals surface area (Å²) in [6, 6.07) is 16.9. The molecule has 1 nitrogen and oxygen atoms in total. The Morgan fingerprint density at radius 1 is 1.04 bits per heavy atom. The number of para-hydroxylation sites is 1. The molecule has 0 bridgehead atoms. The second-order valence-corrected chi connectivity index (χ2v) is 9.23. The van der Waals surface area contributed by atoms with Crippen molar-refractivity contribution in [3.05, 3.63) is 81.8 Å². The van der Waals surface area contributed by atoms with Crippen LogP contribution in [0.3, 0.4) is 0 Å². The Kier molecular flexibility index (Phi) is 6.56. The Labute approximate surface area is 172 Å². The molecule has 0 aliphatic heterocycles. The van der Waals surface area contributed by atoms with E-state index in [0.717, 1.165) is 24.8 Å². The molecule has 3 rings (SSSR count). The molecule has 0 aliphatic rings. The van der Waals surface area contributed by atoms with Crippen LogP contribution in [0.2, 0.25) is 0 Å². The zero-order valence-corrected chi connectivity index (χ0v) is 18.0. The van der Waals surface area contributed by atoms with E-state index in [1.165, 1.54) is 16.5 Å². The number of hydrogen-bond donors (Lipinski definition) is 0. The summed E-state index contributed by atoms with van der Waals surface area (Å²) in [5.74, 6) is 1.19. The van der Waals surface area contributed by atoms with E-state index in [2.05, 4.69) is 39.1 Å². The van der Waals surface area contributed by atoms with Crippen molar-refractivity contribution < 1.29 is 9.13 Å². The standard InChI is InChI=1S/C25H29FOS/c1-18(2)20-16-24(28-17-20)25(3,4)14-8-9-19-12-13-22(26)23(15-19)27-21-10-6-5-7-11-21/h5-7,10-13,15-18H,8-9,14H2,1-4H3. The highest BCUT2D eigenvalue weighted by atomic mass is 32.1. The van der Waals surface area contributed by atoms with Gasteiger partial charge in [-0.25, -0.2) is 4.39 Å². The van der Waals surface area contributed by atoms with E-state index in [4.69, 9.17) is 4.74 Å². The van der Waals surface area contributed by atoms with Crippen LogP contribution in [-0.4, -0.2) is 0 Å². The van der Waals surface area contributed by atoms with Crippen LogP contribution in [-0.2, 0) is 11.8 Å². The summed E-state index contributed by atoms with van der Waals surface area (Å²) < 4.78 is 19.9. The van der Waals surface area contributed by atoms with E-state index in [1.54, 1.807) is 0 Å². The van der Waals surface area contributed by atoms with Crippen molar-refractivity contribution in [2.24, 2.45) is 0 Å². The van der Waals surface area contributed by atoms with Crippen molar-refractivity contribution >= 4 is 11.3 Å². The third-order valence-electron chi connectivity index (χ3n) is 5.19. The van der Waals surface area contributed by atoms with Gasteiger partial charge in [-0.2, -0.15) is 0 Å². The molecule has 28 heavy (non-hydrogen) atoms. The zero-order chi connectivity index (χ0) is 20.1. The molecule has 0 unspecified atom stereocenters. The number of hydrogen-bond acceptors (Lipinski definition) is 2. The van der Waals surface area contributed by atoms with E-state index < -0.39 is 0 Å². The van der Waals surface area contributed by atoms with Crippen LogP contribution in [0, 0.1) is 5.82 Å². The van der Waals surface area contributed by atoms with Gasteiger partial charge in [0.05, 0.1) is 0 Å². The average molecular weight is 397 g/mol. The number of ether oxygens (including phenoxy) is 1. The fourth-order valence-electron chi connectivity index (χ4n) is 3.26. The maximum absolute atomic E-state index is 14.1. The molecule has 0 amide bonds. The third-order valence-corrected chi connectivity index (χ3v) is 6.50. The van der Waals surface area contributed by atoms with Crippen molar-refractivity contribution in [2.45, 2.75) is 58.3 Å². The number of rotatable bonds is 8. The predicted molar refractivity (Wildman–Crippen MR) is 117 cm³/mol. The quantitative estimate of drug-likeness (QED) is 0.374. The highest BCUT2D eigenvalue weighted by molar-refractivity contribution is 7.10. The highest BCUT2D eigenvalue weighted by Gasteiger charge is 2.22. The van der Waals surface area contributed by atoms with Crippen LogP contribution in [0.5, 0.6) is 11.5 Å². The van der Waals surface area contributed by atoms with Crippen LogP contribution >= 0.6 is 11.3 Å². The van der Waals surface area contributed by atoms with Crippen molar-refractivity contribution in [3.63, 3.8) is 0 Å². The lowest BCUT2D eigenvalue weighted by molar-refractivity contribution is 0.440. The molecule has 3 aromatic rings. The molecule has 0 fully saturated rings. The Bertz CT molecular complexity index is 896. The van der Waals surface area contributed by atoms with Gasteiger partial charge in [0.15, 0.2) is 11.6 Å². The number of aryl methyl sites for hydroxylation is 1. The van der Waals surface area contributed by atoms with Crippen LogP contribution in [0.25, 0.3) is 0 Å². The Morgan fingerprint density at radius 2 is 1.79 bits per heavy atom. The Morgan fingerprint density at radius 3 is 2.46 bits per heavy atom. The molecule has 0 N–H and O–H groups in total. The first-order valence-corrected chi connectivity index (χ1v) is 10.8. The molecule has 0 radical (unpaired) electrons. The van der Waals surface area contributed by atoms with Crippen LogP contribution in [0.4, 0.5) is 4.39 Å². The topological polar surface area (TPSA) is 9.23 Å². The van der Waals surface area contributed by atoms with Crippen LogP contribution in [0.15, 0.2) is 60.0 Å². The van der Waals surface area contributed by atoms with Crippen molar-refractivity contribution in [1.29, 1.82) is 0 Å². The molecule has 3 heteroatoms. The van der Waals surface area contributed by atoms with Gasteiger partial charge >= 0.3 is 0 Å². The molecule has 148 valence electrons. The molecular weight excluding hydrogens is 367 g/mol. The summed E-state index contributed by atoms with van der Waals surface area (Å²) in [6.07, 6.45) is 3.06. The molecule has 0 atom stereocenters. The van der Waals surface area contributed by atoms with Gasteiger partial charge in [0.2, 0.25) is 0 Å². The smallest absolute Gasteiger partial charge is 0.165 e. The SMILES string of the molecule is CC(C)c1csc(C(C)(C)CCCc2ccc(F)c(Oc3ccccc3)c2)c1. The predicted octanol–water partition coefficient (Wildman–Crippen LogP) is 8.10. The van der Waals surface area contributed by atoms with Crippen LogP contribution < -0.4 is 4.74 Å². The fourth-order valence-corrected chi connectivity index (χ4v) is 4.49. The first kappa shape index (κ1) is 20.6. The molecule has 2 aromatic carbocycles. The summed E-state index contributed by atoms with van der Waals surface area (Å²) in [7, 11) is 0. The lowest BCUT2D eigenvalue weighted by atomic mass is 9.84. The van der Waals surface area contributed by atoms with Crippen molar-refractivity contribution in [2.75, 3.05) is 0 Å². The van der Waals surface area contributed by atoms with E-state index in [1.807, 2.05) is 53.8 Å². The second kappa shape index (κ2) is 8.91. The Hall–Kier alpha value is -2.13. The zero-order valence-electron chi connectivity index (χ0n) is 17.2. The summed E-state index contributed by atoms with van der Waals surface area (Å²) in [6.45, 7) is 9.11. The normalized spacial score (nSPS) is 11.8. The monoisotopic (exact) mass is 396 g/mol. The van der Waals surface area contributed by atoms with Crippen molar-refractivity contribution in [1.82, 2.24) is 0 Å². The number of halogens is 1. The maximum Gasteiger partial charge on any atom is 0.165 e. The Balaban J connectivity index is 1.61. The second-order valence-electron chi connectivity index (χ2n) is 8.32. The molecule has 1 heterocycles. The minimum Gasteiger partial charge on any atom is -0.454 e. The molecule has 0 saturated heterocycles.